The van der Waals surface area contributed by atoms with Crippen molar-refractivity contribution in [3.63, 3.8) is 0 Å². The highest BCUT2D eigenvalue weighted by Gasteiger charge is 2.15. The quantitative estimate of drug-likeness (QED) is 0.566. The summed E-state index contributed by atoms with van der Waals surface area (Å²) in [6.45, 7) is 0.896. The number of rotatable bonds is 4. The van der Waals surface area contributed by atoms with E-state index in [1.807, 2.05) is 30.3 Å². The Morgan fingerprint density at radius 3 is 2.79 bits per heavy atom. The third kappa shape index (κ3) is 3.42. The SMILES string of the molecule is O=C(Cn1cnc2ccccc2c1=O)Nc1ccc(-c2cn3c(n2)SCC3)cc1. The molecule has 0 radical (unpaired) electrons. The van der Waals surface area contributed by atoms with E-state index in [-0.39, 0.29) is 18.0 Å². The van der Waals surface area contributed by atoms with E-state index in [1.165, 1.54) is 10.9 Å². The van der Waals surface area contributed by atoms with Crippen molar-refractivity contribution in [3.8, 4) is 11.3 Å². The lowest BCUT2D eigenvalue weighted by atomic mass is 10.1. The number of imidazole rings is 1. The number of hydrogen-bond acceptors (Lipinski definition) is 5. The first-order valence-electron chi connectivity index (χ1n) is 9.22. The second kappa shape index (κ2) is 7.21. The number of benzene rings is 2. The Kier molecular flexibility index (Phi) is 4.40. The standard InChI is InChI=1S/C21H17N5O2S/c27-19(12-26-13-22-17-4-2-1-3-16(17)20(26)28)23-15-7-5-14(6-8-15)18-11-25-9-10-29-21(25)24-18/h1-8,11,13H,9-10,12H2,(H,23,27). The molecule has 0 unspecified atom stereocenters. The summed E-state index contributed by atoms with van der Waals surface area (Å²) in [5.74, 6) is 0.790. The molecule has 1 aliphatic rings. The Morgan fingerprint density at radius 1 is 1.14 bits per heavy atom. The number of thioether (sulfide) groups is 1. The van der Waals surface area contributed by atoms with E-state index in [0.29, 0.717) is 16.6 Å². The summed E-state index contributed by atoms with van der Waals surface area (Å²) >= 11 is 1.76. The van der Waals surface area contributed by atoms with Gasteiger partial charge in [0, 0.05) is 29.7 Å². The first-order chi connectivity index (χ1) is 14.2. The van der Waals surface area contributed by atoms with Gasteiger partial charge in [-0.1, -0.05) is 36.0 Å². The molecule has 0 aliphatic carbocycles. The van der Waals surface area contributed by atoms with Crippen LogP contribution in [0.15, 0.2) is 71.0 Å². The van der Waals surface area contributed by atoms with Crippen LogP contribution in [0.1, 0.15) is 0 Å². The molecule has 4 aromatic rings. The molecular weight excluding hydrogens is 386 g/mol. The third-order valence-corrected chi connectivity index (χ3v) is 5.78. The minimum absolute atomic E-state index is 0.0938. The monoisotopic (exact) mass is 403 g/mol. The van der Waals surface area contributed by atoms with Gasteiger partial charge in [-0.2, -0.15) is 0 Å². The maximum atomic E-state index is 12.5. The number of para-hydroxylation sites is 1. The average Bonchev–Trinajstić information content (AvgIpc) is 3.33. The molecule has 1 N–H and O–H groups in total. The first-order valence-corrected chi connectivity index (χ1v) is 10.2. The van der Waals surface area contributed by atoms with Crippen molar-refractivity contribution < 1.29 is 4.79 Å². The van der Waals surface area contributed by atoms with Crippen LogP contribution in [0, 0.1) is 0 Å². The van der Waals surface area contributed by atoms with Crippen molar-refractivity contribution in [2.45, 2.75) is 18.2 Å². The summed E-state index contributed by atoms with van der Waals surface area (Å²) in [6, 6.07) is 14.6. The van der Waals surface area contributed by atoms with Gasteiger partial charge in [-0.25, -0.2) is 9.97 Å². The maximum Gasteiger partial charge on any atom is 0.261 e. The van der Waals surface area contributed by atoms with Gasteiger partial charge in [0.05, 0.1) is 22.9 Å². The Morgan fingerprint density at radius 2 is 1.97 bits per heavy atom. The van der Waals surface area contributed by atoms with Gasteiger partial charge in [0.2, 0.25) is 5.91 Å². The van der Waals surface area contributed by atoms with Crippen molar-refractivity contribution in [3.05, 3.63) is 71.4 Å². The Labute approximate surface area is 170 Å². The summed E-state index contributed by atoms with van der Waals surface area (Å²) in [5.41, 5.74) is 2.99. The van der Waals surface area contributed by atoms with E-state index in [1.54, 1.807) is 30.0 Å². The van der Waals surface area contributed by atoms with Crippen molar-refractivity contribution in [2.24, 2.45) is 0 Å². The van der Waals surface area contributed by atoms with E-state index in [0.717, 1.165) is 28.7 Å². The van der Waals surface area contributed by atoms with Gasteiger partial charge in [-0.3, -0.25) is 14.2 Å². The summed E-state index contributed by atoms with van der Waals surface area (Å²) in [4.78, 5) is 33.8. The smallest absolute Gasteiger partial charge is 0.261 e. The van der Waals surface area contributed by atoms with E-state index < -0.39 is 0 Å². The predicted octanol–water partition coefficient (Wildman–Crippen LogP) is 3.00. The largest absolute Gasteiger partial charge is 0.325 e. The number of aryl methyl sites for hydroxylation is 1. The molecule has 3 heterocycles. The van der Waals surface area contributed by atoms with Gasteiger partial charge in [0.1, 0.15) is 6.54 Å². The van der Waals surface area contributed by atoms with Crippen molar-refractivity contribution in [1.29, 1.82) is 0 Å². The number of amides is 1. The molecule has 1 amide bonds. The topological polar surface area (TPSA) is 81.8 Å². The van der Waals surface area contributed by atoms with Crippen LogP contribution in [0.3, 0.4) is 0 Å². The van der Waals surface area contributed by atoms with Gasteiger partial charge < -0.3 is 9.88 Å². The summed E-state index contributed by atoms with van der Waals surface area (Å²) < 4.78 is 3.47. The lowest BCUT2D eigenvalue weighted by Gasteiger charge is -2.08. The zero-order chi connectivity index (χ0) is 19.8. The van der Waals surface area contributed by atoms with Gasteiger partial charge >= 0.3 is 0 Å². The van der Waals surface area contributed by atoms with Crippen molar-refractivity contribution in [2.75, 3.05) is 11.1 Å². The average molecular weight is 403 g/mol. The molecule has 0 spiro atoms. The fourth-order valence-corrected chi connectivity index (χ4v) is 4.29. The highest BCUT2D eigenvalue weighted by atomic mass is 32.2. The van der Waals surface area contributed by atoms with E-state index >= 15 is 0 Å². The minimum Gasteiger partial charge on any atom is -0.325 e. The minimum atomic E-state index is -0.283. The van der Waals surface area contributed by atoms with Crippen LogP contribution in [0.2, 0.25) is 0 Å². The van der Waals surface area contributed by atoms with Crippen LogP contribution < -0.4 is 10.9 Å². The van der Waals surface area contributed by atoms with Gasteiger partial charge in [-0.15, -0.1) is 0 Å². The summed E-state index contributed by atoms with van der Waals surface area (Å²) in [6.07, 6.45) is 3.46. The zero-order valence-electron chi connectivity index (χ0n) is 15.4. The van der Waals surface area contributed by atoms with E-state index in [9.17, 15) is 9.59 Å². The van der Waals surface area contributed by atoms with Crippen molar-refractivity contribution in [1.82, 2.24) is 19.1 Å². The molecule has 29 heavy (non-hydrogen) atoms. The fraction of sp³-hybridized carbons (Fsp3) is 0.143. The number of carbonyl (C=O) groups is 1. The molecule has 0 atom stereocenters. The van der Waals surface area contributed by atoms with Crippen LogP contribution in [0.25, 0.3) is 22.2 Å². The second-order valence-corrected chi connectivity index (χ2v) is 7.83. The molecule has 0 bridgehead atoms. The summed E-state index contributed by atoms with van der Waals surface area (Å²) in [7, 11) is 0. The number of carbonyl (C=O) groups excluding carboxylic acids is 1. The van der Waals surface area contributed by atoms with E-state index in [4.69, 9.17) is 0 Å². The Bertz CT molecular complexity index is 1250. The van der Waals surface area contributed by atoms with Crippen LogP contribution in [0.5, 0.6) is 0 Å². The molecular formula is C21H17N5O2S. The van der Waals surface area contributed by atoms with Crippen molar-refractivity contribution >= 4 is 34.3 Å². The summed E-state index contributed by atoms with van der Waals surface area (Å²) in [5, 5.41) is 4.37. The van der Waals surface area contributed by atoms with E-state index in [2.05, 4.69) is 26.0 Å². The zero-order valence-corrected chi connectivity index (χ0v) is 16.2. The maximum absolute atomic E-state index is 12.5. The molecule has 0 saturated carbocycles. The molecule has 2 aromatic heterocycles. The van der Waals surface area contributed by atoms with Crippen LogP contribution >= 0.6 is 11.8 Å². The molecule has 0 fully saturated rings. The highest BCUT2D eigenvalue weighted by molar-refractivity contribution is 7.99. The fourth-order valence-electron chi connectivity index (χ4n) is 3.35. The lowest BCUT2D eigenvalue weighted by molar-refractivity contribution is -0.116. The highest BCUT2D eigenvalue weighted by Crippen LogP contribution is 2.29. The molecule has 2 aromatic carbocycles. The molecule has 5 rings (SSSR count). The van der Waals surface area contributed by atoms with Crippen LogP contribution in [0.4, 0.5) is 5.69 Å². The number of nitrogens with one attached hydrogen (secondary N) is 1. The predicted molar refractivity (Wildman–Crippen MR) is 113 cm³/mol. The molecule has 0 saturated heterocycles. The third-order valence-electron chi connectivity index (χ3n) is 4.81. The van der Waals surface area contributed by atoms with Crippen LogP contribution in [-0.2, 0) is 17.9 Å². The number of nitrogens with zero attached hydrogens (tertiary/aromatic N) is 4. The lowest BCUT2D eigenvalue weighted by Crippen LogP contribution is -2.27. The molecule has 8 heteroatoms. The molecule has 144 valence electrons. The normalized spacial score (nSPS) is 12.8. The van der Waals surface area contributed by atoms with Gasteiger partial charge in [0.25, 0.3) is 5.56 Å². The Balaban J connectivity index is 1.29. The first kappa shape index (κ1) is 17.7. The van der Waals surface area contributed by atoms with Gasteiger partial charge in [-0.05, 0) is 24.3 Å². The second-order valence-electron chi connectivity index (χ2n) is 6.77. The number of aromatic nitrogens is 4. The molecule has 7 nitrogen and oxygen atoms in total. The van der Waals surface area contributed by atoms with Gasteiger partial charge in [0.15, 0.2) is 5.16 Å². The van der Waals surface area contributed by atoms with Crippen LogP contribution in [-0.4, -0.2) is 30.8 Å². The number of anilines is 1. The number of hydrogen-bond donors (Lipinski definition) is 1. The Hall–Kier alpha value is -3.39. The molecule has 1 aliphatic heterocycles. The number of fused-ring (bicyclic) bond motifs is 2.